The number of alkyl halides is 2. The van der Waals surface area contributed by atoms with Crippen molar-refractivity contribution < 1.29 is 18.8 Å². The van der Waals surface area contributed by atoms with Gasteiger partial charge < -0.3 is 4.74 Å². The lowest BCUT2D eigenvalue weighted by Crippen LogP contribution is -2.53. The van der Waals surface area contributed by atoms with Gasteiger partial charge in [-0.15, -0.1) is 0 Å². The average Bonchev–Trinajstić information content (AvgIpc) is 2.68. The van der Waals surface area contributed by atoms with E-state index in [9.17, 15) is 14.1 Å². The Morgan fingerprint density at radius 2 is 1.61 bits per heavy atom. The second kappa shape index (κ2) is 10.2. The molecular weight excluding hydrogens is 428 g/mol. The van der Waals surface area contributed by atoms with E-state index in [-0.39, 0.29) is 23.1 Å². The summed E-state index contributed by atoms with van der Waals surface area (Å²) in [4.78, 5) is 25.5. The van der Waals surface area contributed by atoms with Crippen molar-refractivity contribution in [2.75, 3.05) is 11.4 Å². The number of amides is 3. The highest BCUT2D eigenvalue weighted by Crippen LogP contribution is 2.23. The van der Waals surface area contributed by atoms with Gasteiger partial charge in [-0.3, -0.25) is 0 Å². The predicted molar refractivity (Wildman–Crippen MR) is 110 cm³/mol. The van der Waals surface area contributed by atoms with Gasteiger partial charge in [-0.2, -0.15) is 10.0 Å². The maximum Gasteiger partial charge on any atom is 0.428 e. The van der Waals surface area contributed by atoms with Crippen LogP contribution in [0.2, 0.25) is 0 Å². The highest BCUT2D eigenvalue weighted by molar-refractivity contribution is 7.80. The Morgan fingerprint density at radius 1 is 1.07 bits per heavy atom. The van der Waals surface area contributed by atoms with Crippen LogP contribution in [0.1, 0.15) is 6.92 Å². The van der Waals surface area contributed by atoms with Gasteiger partial charge in [0.2, 0.25) is 5.11 Å². The summed E-state index contributed by atoms with van der Waals surface area (Å²) in [6, 6.07) is 15.0. The molecular formula is C18H16Cl2FN3O3S. The maximum absolute atomic E-state index is 14.0. The zero-order valence-corrected chi connectivity index (χ0v) is 17.0. The standard InChI is InChI=1S/C18H16Cl2FN3O3S/c1-2-22(21)17(28)24(15(19)20)16(25)23(13-9-5-3-6-10-13)18(26)27-14-11-7-4-8-12-14/h3-12,15H,2H2,1H3. The first-order chi connectivity index (χ1) is 13.4. The first-order valence-electron chi connectivity index (χ1n) is 8.07. The van der Waals surface area contributed by atoms with Gasteiger partial charge in [-0.05, 0) is 43.4 Å². The number of imide groups is 1. The molecule has 148 valence electrons. The number of para-hydroxylation sites is 2. The molecule has 0 aliphatic rings. The van der Waals surface area contributed by atoms with E-state index in [1.807, 2.05) is 0 Å². The second-order valence-corrected chi connectivity index (χ2v) is 6.66. The van der Waals surface area contributed by atoms with Crippen LogP contribution < -0.4 is 9.64 Å². The van der Waals surface area contributed by atoms with Crippen LogP contribution in [0.25, 0.3) is 0 Å². The summed E-state index contributed by atoms with van der Waals surface area (Å²) in [6.45, 7) is 1.33. The summed E-state index contributed by atoms with van der Waals surface area (Å²) in [7, 11) is 0. The van der Waals surface area contributed by atoms with Gasteiger partial charge in [0.25, 0.3) is 0 Å². The van der Waals surface area contributed by atoms with Crippen LogP contribution >= 0.6 is 35.4 Å². The molecule has 0 radical (unpaired) electrons. The summed E-state index contributed by atoms with van der Waals surface area (Å²) in [5.41, 5.74) is 0.164. The number of hydrogen-bond acceptors (Lipinski definition) is 4. The number of halogens is 3. The van der Waals surface area contributed by atoms with Gasteiger partial charge in [0.15, 0.2) is 4.96 Å². The molecule has 0 saturated carbocycles. The van der Waals surface area contributed by atoms with Crippen molar-refractivity contribution in [2.24, 2.45) is 0 Å². The van der Waals surface area contributed by atoms with Gasteiger partial charge in [0.1, 0.15) is 5.75 Å². The summed E-state index contributed by atoms with van der Waals surface area (Å²) in [6.07, 6.45) is -1.04. The highest BCUT2D eigenvalue weighted by atomic mass is 35.5. The topological polar surface area (TPSA) is 53.1 Å². The number of rotatable bonds is 4. The molecule has 0 aromatic heterocycles. The number of carbonyl (C=O) groups excluding carboxylic acids is 2. The monoisotopic (exact) mass is 443 g/mol. The average molecular weight is 444 g/mol. The minimum Gasteiger partial charge on any atom is -0.410 e. The Kier molecular flexibility index (Phi) is 7.98. The van der Waals surface area contributed by atoms with Crippen molar-refractivity contribution >= 4 is 58.3 Å². The quantitative estimate of drug-likeness (QED) is 0.275. The SMILES string of the molecule is CCN(F)C(=S)N(C(=O)N(C(=O)Oc1ccccc1)c1ccccc1)C(Cl)Cl. The molecule has 0 atom stereocenters. The molecule has 0 spiro atoms. The normalized spacial score (nSPS) is 10.3. The van der Waals surface area contributed by atoms with E-state index in [1.54, 1.807) is 48.5 Å². The number of anilines is 1. The summed E-state index contributed by atoms with van der Waals surface area (Å²) >= 11 is 16.6. The first-order valence-corrected chi connectivity index (χ1v) is 9.35. The van der Waals surface area contributed by atoms with Gasteiger partial charge >= 0.3 is 12.1 Å². The minimum atomic E-state index is -1.54. The molecule has 10 heteroatoms. The van der Waals surface area contributed by atoms with Crippen LogP contribution in [-0.4, -0.2) is 38.8 Å². The molecule has 6 nitrogen and oxygen atoms in total. The molecule has 0 fully saturated rings. The molecule has 0 saturated heterocycles. The molecule has 0 heterocycles. The molecule has 3 amide bonds. The lowest BCUT2D eigenvalue weighted by Gasteiger charge is -2.31. The molecule has 28 heavy (non-hydrogen) atoms. The van der Waals surface area contributed by atoms with Crippen molar-refractivity contribution in [3.63, 3.8) is 0 Å². The van der Waals surface area contributed by atoms with Gasteiger partial charge in [-0.25, -0.2) is 14.5 Å². The number of carbonyl (C=O) groups is 2. The fourth-order valence-corrected chi connectivity index (χ4v) is 2.89. The smallest absolute Gasteiger partial charge is 0.410 e. The highest BCUT2D eigenvalue weighted by Gasteiger charge is 2.36. The predicted octanol–water partition coefficient (Wildman–Crippen LogP) is 5.37. The van der Waals surface area contributed by atoms with E-state index in [0.29, 0.717) is 9.80 Å². The summed E-state index contributed by atoms with van der Waals surface area (Å²) in [5.74, 6) is 0.212. The largest absolute Gasteiger partial charge is 0.428 e. The molecule has 2 rings (SSSR count). The number of hydrogen-bond donors (Lipinski definition) is 0. The van der Waals surface area contributed by atoms with Crippen LogP contribution in [-0.2, 0) is 0 Å². The van der Waals surface area contributed by atoms with Crippen LogP contribution in [0.3, 0.4) is 0 Å². The Morgan fingerprint density at radius 3 is 2.11 bits per heavy atom. The van der Waals surface area contributed by atoms with Crippen LogP contribution in [0.15, 0.2) is 60.7 Å². The van der Waals surface area contributed by atoms with Crippen molar-refractivity contribution in [2.45, 2.75) is 11.9 Å². The van der Waals surface area contributed by atoms with Crippen LogP contribution in [0, 0.1) is 0 Å². The van der Waals surface area contributed by atoms with Gasteiger partial charge in [-0.1, -0.05) is 64.1 Å². The summed E-state index contributed by atoms with van der Waals surface area (Å²) in [5, 5.41) is -0.479. The first kappa shape index (κ1) is 21.9. The number of nitrogens with zero attached hydrogens (tertiary/aromatic N) is 3. The Labute approximate surface area is 176 Å². The maximum atomic E-state index is 14.0. The number of urea groups is 1. The van der Waals surface area contributed by atoms with Crippen LogP contribution in [0.4, 0.5) is 19.8 Å². The third kappa shape index (κ3) is 5.31. The van der Waals surface area contributed by atoms with E-state index < -0.39 is 22.2 Å². The molecule has 2 aromatic carbocycles. The van der Waals surface area contributed by atoms with E-state index in [1.165, 1.54) is 19.1 Å². The lowest BCUT2D eigenvalue weighted by atomic mass is 10.3. The zero-order chi connectivity index (χ0) is 20.7. The van der Waals surface area contributed by atoms with Crippen molar-refractivity contribution in [3.05, 3.63) is 60.7 Å². The molecule has 0 bridgehead atoms. The molecule has 0 aliphatic heterocycles. The van der Waals surface area contributed by atoms with E-state index in [2.05, 4.69) is 0 Å². The van der Waals surface area contributed by atoms with E-state index in [0.717, 1.165) is 0 Å². The van der Waals surface area contributed by atoms with Gasteiger partial charge in [0.05, 0.1) is 12.2 Å². The molecule has 0 aliphatic carbocycles. The molecule has 0 N–H and O–H groups in total. The third-order valence-corrected chi connectivity index (χ3v) is 4.21. The van der Waals surface area contributed by atoms with Crippen molar-refractivity contribution in [3.8, 4) is 5.75 Å². The molecule has 0 unspecified atom stereocenters. The fraction of sp³-hybridized carbons (Fsp3) is 0.167. The van der Waals surface area contributed by atoms with E-state index >= 15 is 0 Å². The van der Waals surface area contributed by atoms with Crippen molar-refractivity contribution in [1.82, 2.24) is 10.0 Å². The Bertz CT molecular complexity index is 827. The second-order valence-electron chi connectivity index (χ2n) is 5.24. The minimum absolute atomic E-state index is 0.108. The Balaban J connectivity index is 2.41. The fourth-order valence-electron chi connectivity index (χ4n) is 2.11. The number of ether oxygens (including phenoxy) is 1. The number of benzene rings is 2. The Hall–Kier alpha value is -2.42. The summed E-state index contributed by atoms with van der Waals surface area (Å²) < 4.78 is 19.2. The van der Waals surface area contributed by atoms with Gasteiger partial charge in [0, 0.05) is 0 Å². The number of thiocarbonyl (C=S) groups is 1. The van der Waals surface area contributed by atoms with E-state index in [4.69, 9.17) is 40.2 Å². The third-order valence-electron chi connectivity index (χ3n) is 3.43. The zero-order valence-electron chi connectivity index (χ0n) is 14.7. The lowest BCUT2D eigenvalue weighted by molar-refractivity contribution is 0.114. The van der Waals surface area contributed by atoms with Crippen molar-refractivity contribution in [1.29, 1.82) is 0 Å². The molecule has 2 aromatic rings. The van der Waals surface area contributed by atoms with Crippen LogP contribution in [0.5, 0.6) is 5.75 Å².